The summed E-state index contributed by atoms with van der Waals surface area (Å²) in [6.45, 7) is 8.85. The van der Waals surface area contributed by atoms with Gasteiger partial charge in [0.05, 0.1) is 13.2 Å². The van der Waals surface area contributed by atoms with Crippen molar-refractivity contribution in [2.45, 2.75) is 58.9 Å². The molecule has 3 N–H and O–H groups in total. The molecule has 6 heteroatoms. The van der Waals surface area contributed by atoms with Crippen LogP contribution in [0.3, 0.4) is 0 Å². The van der Waals surface area contributed by atoms with Gasteiger partial charge >= 0.3 is 0 Å². The van der Waals surface area contributed by atoms with Gasteiger partial charge in [0.15, 0.2) is 0 Å². The van der Waals surface area contributed by atoms with Gasteiger partial charge in [0, 0.05) is 22.5 Å². The van der Waals surface area contributed by atoms with Gasteiger partial charge in [0.2, 0.25) is 5.91 Å². The van der Waals surface area contributed by atoms with Crippen LogP contribution in [-0.2, 0) is 4.79 Å². The van der Waals surface area contributed by atoms with Gasteiger partial charge in [0.1, 0.15) is 5.75 Å². The van der Waals surface area contributed by atoms with Crippen LogP contribution in [0.5, 0.6) is 5.75 Å². The van der Waals surface area contributed by atoms with Crippen molar-refractivity contribution in [1.82, 2.24) is 5.32 Å². The molecule has 0 fully saturated rings. The zero-order valence-corrected chi connectivity index (χ0v) is 19.1. The Kier molecular flexibility index (Phi) is 9.38. The monoisotopic (exact) mass is 425 g/mol. The lowest BCUT2D eigenvalue weighted by Gasteiger charge is -2.20. The molecule has 2 rings (SSSR count). The molecule has 0 aliphatic carbocycles. The van der Waals surface area contributed by atoms with Crippen molar-refractivity contribution in [3.8, 4) is 5.75 Å². The fraction of sp³-hybridized carbons (Fsp3) is 0.440. The molecule has 0 saturated heterocycles. The van der Waals surface area contributed by atoms with E-state index in [9.17, 15) is 9.59 Å². The lowest BCUT2D eigenvalue weighted by atomic mass is 10.1. The van der Waals surface area contributed by atoms with E-state index in [1.807, 2.05) is 45.0 Å². The molecular formula is C25H35N3O3. The third-order valence-corrected chi connectivity index (χ3v) is 4.49. The van der Waals surface area contributed by atoms with Gasteiger partial charge in [-0.1, -0.05) is 26.2 Å². The highest BCUT2D eigenvalue weighted by Crippen LogP contribution is 2.16. The Morgan fingerprint density at radius 1 is 0.871 bits per heavy atom. The standard InChI is InChI=1S/C25H35N3O3/c1-5-6-7-8-17-31-22-15-13-21(14-16-22)27-23(29)18-26-20-11-9-19(10-12-20)24(30)28-25(2,3)4/h9-16,26H,5-8,17-18H2,1-4H3,(H,27,29)(H,28,30). The van der Waals surface area contributed by atoms with E-state index >= 15 is 0 Å². The summed E-state index contributed by atoms with van der Waals surface area (Å²) in [5, 5.41) is 8.85. The normalized spacial score (nSPS) is 11.0. The van der Waals surface area contributed by atoms with Crippen LogP contribution in [0.4, 0.5) is 11.4 Å². The maximum atomic E-state index is 12.2. The van der Waals surface area contributed by atoms with Crippen LogP contribution in [0.1, 0.15) is 63.7 Å². The first kappa shape index (κ1) is 24.3. The molecule has 2 aromatic rings. The van der Waals surface area contributed by atoms with Crippen molar-refractivity contribution < 1.29 is 14.3 Å². The first-order valence-corrected chi connectivity index (χ1v) is 11.0. The smallest absolute Gasteiger partial charge is 0.251 e. The Morgan fingerprint density at radius 3 is 2.13 bits per heavy atom. The van der Waals surface area contributed by atoms with Gasteiger partial charge in [-0.2, -0.15) is 0 Å². The average Bonchev–Trinajstić information content (AvgIpc) is 2.72. The third kappa shape index (κ3) is 9.55. The average molecular weight is 426 g/mol. The fourth-order valence-electron chi connectivity index (χ4n) is 2.89. The Hall–Kier alpha value is -3.02. The molecule has 0 atom stereocenters. The largest absolute Gasteiger partial charge is 0.494 e. The Labute approximate surface area is 185 Å². The Bertz CT molecular complexity index is 825. The molecule has 0 radical (unpaired) electrons. The van der Waals surface area contributed by atoms with Crippen LogP contribution in [0.25, 0.3) is 0 Å². The van der Waals surface area contributed by atoms with Crippen molar-refractivity contribution in [2.24, 2.45) is 0 Å². The summed E-state index contributed by atoms with van der Waals surface area (Å²) in [6, 6.07) is 14.5. The number of hydrogen-bond donors (Lipinski definition) is 3. The lowest BCUT2D eigenvalue weighted by Crippen LogP contribution is -2.40. The molecule has 168 valence electrons. The number of carbonyl (C=O) groups excluding carboxylic acids is 2. The number of amides is 2. The van der Waals surface area contributed by atoms with E-state index in [1.165, 1.54) is 19.3 Å². The Morgan fingerprint density at radius 2 is 1.52 bits per heavy atom. The van der Waals surface area contributed by atoms with Crippen LogP contribution < -0.4 is 20.7 Å². The molecule has 2 aromatic carbocycles. The summed E-state index contributed by atoms with van der Waals surface area (Å²) in [5.74, 6) is 0.538. The highest BCUT2D eigenvalue weighted by Gasteiger charge is 2.15. The summed E-state index contributed by atoms with van der Waals surface area (Å²) in [7, 11) is 0. The van der Waals surface area contributed by atoms with E-state index in [4.69, 9.17) is 4.74 Å². The third-order valence-electron chi connectivity index (χ3n) is 4.49. The minimum atomic E-state index is -0.287. The molecule has 0 saturated carbocycles. The minimum absolute atomic E-state index is 0.120. The molecular weight excluding hydrogens is 390 g/mol. The van der Waals surface area contributed by atoms with E-state index in [1.54, 1.807) is 24.3 Å². The quantitative estimate of drug-likeness (QED) is 0.431. The molecule has 0 aliphatic rings. The SMILES string of the molecule is CCCCCCOc1ccc(NC(=O)CNc2ccc(C(=O)NC(C)(C)C)cc2)cc1. The number of ether oxygens (including phenoxy) is 1. The van der Waals surface area contributed by atoms with Crippen LogP contribution >= 0.6 is 0 Å². The van der Waals surface area contributed by atoms with Gasteiger partial charge in [-0.3, -0.25) is 9.59 Å². The van der Waals surface area contributed by atoms with E-state index in [-0.39, 0.29) is 23.9 Å². The summed E-state index contributed by atoms with van der Waals surface area (Å²) >= 11 is 0. The summed E-state index contributed by atoms with van der Waals surface area (Å²) in [4.78, 5) is 24.4. The van der Waals surface area contributed by atoms with E-state index in [0.717, 1.165) is 23.5 Å². The zero-order chi connectivity index (χ0) is 22.7. The van der Waals surface area contributed by atoms with E-state index < -0.39 is 0 Å². The van der Waals surface area contributed by atoms with E-state index in [0.29, 0.717) is 12.2 Å². The number of rotatable bonds is 11. The molecule has 0 unspecified atom stereocenters. The summed E-state index contributed by atoms with van der Waals surface area (Å²) in [5.41, 5.74) is 1.79. The number of unbranched alkanes of at least 4 members (excludes halogenated alkanes) is 3. The van der Waals surface area contributed by atoms with Crippen molar-refractivity contribution in [3.05, 3.63) is 54.1 Å². The molecule has 6 nitrogen and oxygen atoms in total. The lowest BCUT2D eigenvalue weighted by molar-refractivity contribution is -0.114. The fourth-order valence-corrected chi connectivity index (χ4v) is 2.89. The number of hydrogen-bond acceptors (Lipinski definition) is 4. The first-order valence-electron chi connectivity index (χ1n) is 11.0. The second-order valence-corrected chi connectivity index (χ2v) is 8.62. The molecule has 0 spiro atoms. The highest BCUT2D eigenvalue weighted by atomic mass is 16.5. The van der Waals surface area contributed by atoms with Gasteiger partial charge in [-0.05, 0) is 75.7 Å². The predicted octanol–water partition coefficient (Wildman–Crippen LogP) is 5.22. The van der Waals surface area contributed by atoms with Gasteiger partial charge in [-0.25, -0.2) is 0 Å². The second kappa shape index (κ2) is 12.0. The Balaban J connectivity index is 1.74. The first-order chi connectivity index (χ1) is 14.8. The molecule has 0 bridgehead atoms. The van der Waals surface area contributed by atoms with Gasteiger partial charge in [0.25, 0.3) is 5.91 Å². The van der Waals surface area contributed by atoms with Crippen LogP contribution in [0.15, 0.2) is 48.5 Å². The van der Waals surface area contributed by atoms with Crippen molar-refractivity contribution in [3.63, 3.8) is 0 Å². The van der Waals surface area contributed by atoms with Crippen LogP contribution in [0, 0.1) is 0 Å². The second-order valence-electron chi connectivity index (χ2n) is 8.62. The summed E-state index contributed by atoms with van der Waals surface area (Å²) < 4.78 is 5.72. The molecule has 2 amide bonds. The topological polar surface area (TPSA) is 79.5 Å². The number of carbonyl (C=O) groups is 2. The van der Waals surface area contributed by atoms with E-state index in [2.05, 4.69) is 22.9 Å². The van der Waals surface area contributed by atoms with Crippen molar-refractivity contribution in [2.75, 3.05) is 23.8 Å². The zero-order valence-electron chi connectivity index (χ0n) is 19.1. The minimum Gasteiger partial charge on any atom is -0.494 e. The molecule has 0 heterocycles. The molecule has 0 aliphatic heterocycles. The highest BCUT2D eigenvalue weighted by molar-refractivity contribution is 5.95. The van der Waals surface area contributed by atoms with Crippen molar-refractivity contribution >= 4 is 23.2 Å². The number of benzene rings is 2. The number of nitrogens with one attached hydrogen (secondary N) is 3. The molecule has 0 aromatic heterocycles. The predicted molar refractivity (Wildman–Crippen MR) is 127 cm³/mol. The van der Waals surface area contributed by atoms with Crippen molar-refractivity contribution in [1.29, 1.82) is 0 Å². The molecule has 31 heavy (non-hydrogen) atoms. The van der Waals surface area contributed by atoms with Crippen LogP contribution in [-0.4, -0.2) is 30.5 Å². The number of anilines is 2. The van der Waals surface area contributed by atoms with Gasteiger partial charge in [-0.15, -0.1) is 0 Å². The maximum absolute atomic E-state index is 12.2. The van der Waals surface area contributed by atoms with Crippen LogP contribution in [0.2, 0.25) is 0 Å². The summed E-state index contributed by atoms with van der Waals surface area (Å²) in [6.07, 6.45) is 4.69. The maximum Gasteiger partial charge on any atom is 0.251 e. The van der Waals surface area contributed by atoms with Gasteiger partial charge < -0.3 is 20.7 Å².